The minimum absolute atomic E-state index is 0.252. The molecule has 0 radical (unpaired) electrons. The number of hydrogen-bond donors (Lipinski definition) is 1. The molecule has 0 amide bonds. The number of hydrogen-bond acceptors (Lipinski definition) is 2. The van der Waals surface area contributed by atoms with Crippen molar-refractivity contribution in [1.82, 2.24) is 5.48 Å². The van der Waals surface area contributed by atoms with E-state index >= 15 is 0 Å². The molecule has 0 aromatic carbocycles. The third kappa shape index (κ3) is 6.05. The number of rotatable bonds is 6. The summed E-state index contributed by atoms with van der Waals surface area (Å²) < 4.78 is 0. The van der Waals surface area contributed by atoms with Gasteiger partial charge in [0.05, 0.1) is 6.61 Å². The molecule has 0 rings (SSSR count). The summed E-state index contributed by atoms with van der Waals surface area (Å²) in [7, 11) is 1.81. The average Bonchev–Trinajstić information content (AvgIpc) is 1.99. The molecule has 0 atom stereocenters. The molecule has 0 aliphatic carbocycles. The van der Waals surface area contributed by atoms with Crippen molar-refractivity contribution in [2.24, 2.45) is 10.8 Å². The molecular formula is C11H25NO. The van der Waals surface area contributed by atoms with Crippen molar-refractivity contribution in [2.45, 2.75) is 47.5 Å². The monoisotopic (exact) mass is 187 g/mol. The van der Waals surface area contributed by atoms with Crippen LogP contribution in [0.3, 0.4) is 0 Å². The third-order valence-corrected chi connectivity index (χ3v) is 2.52. The maximum absolute atomic E-state index is 5.24. The Hall–Kier alpha value is -0.0800. The largest absolute Gasteiger partial charge is 0.302 e. The van der Waals surface area contributed by atoms with E-state index in [4.69, 9.17) is 4.84 Å². The molecular weight excluding hydrogens is 162 g/mol. The lowest BCUT2D eigenvalue weighted by atomic mass is 9.74. The highest BCUT2D eigenvalue weighted by Gasteiger charge is 2.27. The van der Waals surface area contributed by atoms with Gasteiger partial charge in [-0.05, 0) is 17.3 Å². The van der Waals surface area contributed by atoms with E-state index in [1.165, 1.54) is 12.8 Å². The first-order valence-electron chi connectivity index (χ1n) is 5.11. The van der Waals surface area contributed by atoms with Crippen molar-refractivity contribution in [3.8, 4) is 0 Å². The minimum Gasteiger partial charge on any atom is -0.302 e. The van der Waals surface area contributed by atoms with Crippen LogP contribution in [-0.4, -0.2) is 13.7 Å². The van der Waals surface area contributed by atoms with E-state index in [-0.39, 0.29) is 5.41 Å². The second-order valence-electron chi connectivity index (χ2n) is 5.35. The van der Waals surface area contributed by atoms with E-state index in [0.29, 0.717) is 5.41 Å². The molecule has 80 valence electrons. The zero-order chi connectivity index (χ0) is 10.5. The molecule has 0 spiro atoms. The number of nitrogens with one attached hydrogen (secondary N) is 1. The number of hydroxylamine groups is 1. The van der Waals surface area contributed by atoms with Crippen LogP contribution in [0.5, 0.6) is 0 Å². The van der Waals surface area contributed by atoms with Crippen LogP contribution < -0.4 is 5.48 Å². The normalized spacial score (nSPS) is 13.4. The van der Waals surface area contributed by atoms with Gasteiger partial charge in [0.2, 0.25) is 0 Å². The summed E-state index contributed by atoms with van der Waals surface area (Å²) in [5.41, 5.74) is 3.40. The first-order chi connectivity index (χ1) is 5.83. The Morgan fingerprint density at radius 3 is 2.00 bits per heavy atom. The third-order valence-electron chi connectivity index (χ3n) is 2.52. The Bertz CT molecular complexity index is 141. The van der Waals surface area contributed by atoms with E-state index in [0.717, 1.165) is 6.61 Å². The molecule has 0 aliphatic heterocycles. The van der Waals surface area contributed by atoms with E-state index in [9.17, 15) is 0 Å². The molecule has 2 heteroatoms. The van der Waals surface area contributed by atoms with Gasteiger partial charge < -0.3 is 4.84 Å². The molecule has 0 saturated heterocycles. The average molecular weight is 187 g/mol. The van der Waals surface area contributed by atoms with Crippen LogP contribution in [0.4, 0.5) is 0 Å². The lowest BCUT2D eigenvalue weighted by molar-refractivity contribution is -0.0126. The van der Waals surface area contributed by atoms with Gasteiger partial charge in [-0.3, -0.25) is 0 Å². The van der Waals surface area contributed by atoms with Crippen molar-refractivity contribution in [3.05, 3.63) is 0 Å². The maximum atomic E-state index is 5.24. The van der Waals surface area contributed by atoms with Gasteiger partial charge >= 0.3 is 0 Å². The van der Waals surface area contributed by atoms with Crippen molar-refractivity contribution in [1.29, 1.82) is 0 Å². The summed E-state index contributed by atoms with van der Waals surface area (Å²) in [6.45, 7) is 12.1. The summed E-state index contributed by atoms with van der Waals surface area (Å²) in [6, 6.07) is 0. The van der Waals surface area contributed by atoms with E-state index in [2.05, 4.69) is 40.1 Å². The Kier molecular flexibility index (Phi) is 4.93. The molecule has 0 saturated carbocycles. The van der Waals surface area contributed by atoms with Crippen molar-refractivity contribution in [3.63, 3.8) is 0 Å². The predicted molar refractivity (Wildman–Crippen MR) is 57.5 cm³/mol. The van der Waals surface area contributed by atoms with Crippen molar-refractivity contribution in [2.75, 3.05) is 13.7 Å². The molecule has 0 fully saturated rings. The van der Waals surface area contributed by atoms with Gasteiger partial charge in [0.1, 0.15) is 0 Å². The zero-order valence-corrected chi connectivity index (χ0v) is 10.0. The highest BCUT2D eigenvalue weighted by Crippen LogP contribution is 2.35. The summed E-state index contributed by atoms with van der Waals surface area (Å²) >= 11 is 0. The highest BCUT2D eigenvalue weighted by molar-refractivity contribution is 4.77. The Morgan fingerprint density at radius 1 is 1.08 bits per heavy atom. The van der Waals surface area contributed by atoms with Crippen LogP contribution in [0.25, 0.3) is 0 Å². The maximum Gasteiger partial charge on any atom is 0.0733 e. The van der Waals surface area contributed by atoms with Gasteiger partial charge in [-0.2, -0.15) is 0 Å². The second-order valence-corrected chi connectivity index (χ2v) is 5.35. The van der Waals surface area contributed by atoms with Gasteiger partial charge in [-0.15, -0.1) is 0 Å². The Morgan fingerprint density at radius 2 is 1.62 bits per heavy atom. The predicted octanol–water partition coefficient (Wildman–Crippen LogP) is 2.99. The minimum atomic E-state index is 0.252. The standard InChI is InChI=1S/C11H25NO/c1-7-10(2,3)8-11(4,5)9-13-12-6/h12H,7-9H2,1-6H3. The first-order valence-corrected chi connectivity index (χ1v) is 5.11. The smallest absolute Gasteiger partial charge is 0.0733 e. The van der Waals surface area contributed by atoms with Crippen LogP contribution in [-0.2, 0) is 4.84 Å². The van der Waals surface area contributed by atoms with Gasteiger partial charge in [0, 0.05) is 7.05 Å². The van der Waals surface area contributed by atoms with Gasteiger partial charge in [0.25, 0.3) is 0 Å². The highest BCUT2D eigenvalue weighted by atomic mass is 16.6. The molecule has 13 heavy (non-hydrogen) atoms. The van der Waals surface area contributed by atoms with Crippen LogP contribution in [0, 0.1) is 10.8 Å². The molecule has 0 unspecified atom stereocenters. The SMILES string of the molecule is CCC(C)(C)CC(C)(C)CONC. The lowest BCUT2D eigenvalue weighted by Gasteiger charge is -2.33. The molecule has 2 nitrogen and oxygen atoms in total. The van der Waals surface area contributed by atoms with Crippen LogP contribution in [0.15, 0.2) is 0 Å². The Balaban J connectivity index is 4.00. The zero-order valence-electron chi connectivity index (χ0n) is 10.0. The summed E-state index contributed by atoms with van der Waals surface area (Å²) in [5.74, 6) is 0. The molecule has 0 bridgehead atoms. The van der Waals surface area contributed by atoms with E-state index in [1.54, 1.807) is 7.05 Å². The molecule has 0 aliphatic rings. The Labute approximate surface area is 83.0 Å². The fraction of sp³-hybridized carbons (Fsp3) is 1.00. The fourth-order valence-corrected chi connectivity index (χ4v) is 1.74. The second kappa shape index (κ2) is 4.97. The van der Waals surface area contributed by atoms with Gasteiger partial charge in [-0.1, -0.05) is 41.0 Å². The summed E-state index contributed by atoms with van der Waals surface area (Å²) in [6.07, 6.45) is 2.41. The molecule has 1 N–H and O–H groups in total. The lowest BCUT2D eigenvalue weighted by Crippen LogP contribution is -2.29. The molecule has 0 aromatic rings. The summed E-state index contributed by atoms with van der Waals surface area (Å²) in [4.78, 5) is 5.24. The van der Waals surface area contributed by atoms with Crippen LogP contribution in [0.2, 0.25) is 0 Å². The molecule has 0 heterocycles. The fourth-order valence-electron chi connectivity index (χ4n) is 1.74. The van der Waals surface area contributed by atoms with E-state index in [1.807, 2.05) is 0 Å². The topological polar surface area (TPSA) is 21.3 Å². The van der Waals surface area contributed by atoms with Crippen LogP contribution >= 0.6 is 0 Å². The van der Waals surface area contributed by atoms with Crippen molar-refractivity contribution < 1.29 is 4.84 Å². The van der Waals surface area contributed by atoms with Crippen LogP contribution in [0.1, 0.15) is 47.5 Å². The van der Waals surface area contributed by atoms with Gasteiger partial charge in [0.15, 0.2) is 0 Å². The summed E-state index contributed by atoms with van der Waals surface area (Å²) in [5, 5.41) is 0. The quantitative estimate of drug-likeness (QED) is 0.645. The molecule has 0 aromatic heterocycles. The van der Waals surface area contributed by atoms with E-state index < -0.39 is 0 Å². The van der Waals surface area contributed by atoms with Crippen molar-refractivity contribution >= 4 is 0 Å². The van der Waals surface area contributed by atoms with Gasteiger partial charge in [-0.25, -0.2) is 5.48 Å². The first kappa shape index (κ1) is 12.9.